The van der Waals surface area contributed by atoms with Gasteiger partial charge >= 0.3 is 0 Å². The topological polar surface area (TPSA) is 102 Å². The summed E-state index contributed by atoms with van der Waals surface area (Å²) in [5.74, 6) is -0.327. The van der Waals surface area contributed by atoms with Crippen molar-refractivity contribution in [3.05, 3.63) is 102 Å². The van der Waals surface area contributed by atoms with Crippen molar-refractivity contribution in [1.82, 2.24) is 9.99 Å². The first-order chi connectivity index (χ1) is 19.2. The van der Waals surface area contributed by atoms with E-state index in [0.717, 1.165) is 15.7 Å². The van der Waals surface area contributed by atoms with Gasteiger partial charge in [0.25, 0.3) is 15.9 Å². The molecule has 1 aromatic heterocycles. The maximum Gasteiger partial charge on any atom is 0.264 e. The van der Waals surface area contributed by atoms with Crippen molar-refractivity contribution in [2.75, 3.05) is 25.1 Å². The Morgan fingerprint density at radius 1 is 0.975 bits per heavy atom. The van der Waals surface area contributed by atoms with Crippen molar-refractivity contribution in [3.63, 3.8) is 0 Å². The smallest absolute Gasteiger partial charge is 0.264 e. The highest BCUT2D eigenvalue weighted by Gasteiger charge is 2.28. The average molecular weight is 565 g/mol. The fourth-order valence-electron chi connectivity index (χ4n) is 4.28. The van der Waals surface area contributed by atoms with Crippen LogP contribution < -0.4 is 19.2 Å². The second kappa shape index (κ2) is 12.0. The molecule has 208 valence electrons. The zero-order chi connectivity index (χ0) is 28.9. The van der Waals surface area contributed by atoms with Gasteiger partial charge in [-0.05, 0) is 56.3 Å². The molecule has 11 heteroatoms. The first-order valence-electron chi connectivity index (χ1n) is 12.2. The third-order valence-corrected chi connectivity index (χ3v) is 8.02. The Morgan fingerprint density at radius 2 is 1.65 bits per heavy atom. The molecule has 1 heterocycles. The second-order valence-corrected chi connectivity index (χ2v) is 10.6. The molecular weight excluding hydrogens is 535 g/mol. The number of carbonyl (C=O) groups excluding carboxylic acids is 1. The molecule has 40 heavy (non-hydrogen) atoms. The van der Waals surface area contributed by atoms with Crippen LogP contribution in [0.4, 0.5) is 10.1 Å². The van der Waals surface area contributed by atoms with E-state index in [1.165, 1.54) is 50.8 Å². The number of aromatic nitrogens is 1. The number of nitrogens with zero attached hydrogens (tertiary/aromatic N) is 3. The van der Waals surface area contributed by atoms with Crippen molar-refractivity contribution in [2.24, 2.45) is 5.10 Å². The monoisotopic (exact) mass is 564 g/mol. The quantitative estimate of drug-likeness (QED) is 0.224. The number of para-hydroxylation sites is 1. The van der Waals surface area contributed by atoms with Crippen molar-refractivity contribution < 1.29 is 27.1 Å². The molecule has 0 unspecified atom stereocenters. The molecule has 0 radical (unpaired) electrons. The fourth-order valence-corrected chi connectivity index (χ4v) is 5.71. The van der Waals surface area contributed by atoms with Crippen LogP contribution in [-0.2, 0) is 14.8 Å². The predicted octanol–water partition coefficient (Wildman–Crippen LogP) is 4.60. The van der Waals surface area contributed by atoms with E-state index in [4.69, 9.17) is 9.47 Å². The van der Waals surface area contributed by atoms with E-state index >= 15 is 0 Å². The average Bonchev–Trinajstić information content (AvgIpc) is 3.24. The van der Waals surface area contributed by atoms with Crippen LogP contribution in [0.25, 0.3) is 5.69 Å². The van der Waals surface area contributed by atoms with E-state index in [1.54, 1.807) is 47.0 Å². The molecule has 0 saturated heterocycles. The number of benzene rings is 3. The molecule has 0 saturated carbocycles. The van der Waals surface area contributed by atoms with Gasteiger partial charge in [0, 0.05) is 23.0 Å². The number of rotatable bonds is 10. The molecule has 0 aliphatic rings. The van der Waals surface area contributed by atoms with Crippen LogP contribution in [-0.4, -0.2) is 45.9 Å². The van der Waals surface area contributed by atoms with E-state index in [9.17, 15) is 17.6 Å². The lowest BCUT2D eigenvalue weighted by Crippen LogP contribution is -2.39. The number of methoxy groups -OCH3 is 2. The fraction of sp³-hybridized carbons (Fsp3) is 0.172. The van der Waals surface area contributed by atoms with Gasteiger partial charge in [-0.15, -0.1) is 0 Å². The van der Waals surface area contributed by atoms with Gasteiger partial charge < -0.3 is 14.0 Å². The molecule has 4 aromatic rings. The Labute approximate surface area is 232 Å². The Hall–Kier alpha value is -4.64. The van der Waals surface area contributed by atoms with Gasteiger partial charge in [0.2, 0.25) is 0 Å². The van der Waals surface area contributed by atoms with Gasteiger partial charge in [0.05, 0.1) is 36.7 Å². The Kier molecular flexibility index (Phi) is 8.54. The number of carbonyl (C=O) groups is 1. The van der Waals surface area contributed by atoms with Crippen LogP contribution >= 0.6 is 0 Å². The van der Waals surface area contributed by atoms with E-state index in [1.807, 2.05) is 19.9 Å². The first kappa shape index (κ1) is 28.4. The molecule has 0 aliphatic carbocycles. The van der Waals surface area contributed by atoms with Crippen LogP contribution in [0, 0.1) is 19.7 Å². The van der Waals surface area contributed by atoms with Gasteiger partial charge in [-0.2, -0.15) is 5.10 Å². The molecule has 0 atom stereocenters. The minimum absolute atomic E-state index is 0.0154. The maximum atomic E-state index is 14.4. The molecule has 4 rings (SSSR count). The van der Waals surface area contributed by atoms with Gasteiger partial charge in [0.15, 0.2) is 11.5 Å². The molecule has 1 N–H and O–H groups in total. The van der Waals surface area contributed by atoms with Crippen molar-refractivity contribution in [2.45, 2.75) is 18.7 Å². The first-order valence-corrected chi connectivity index (χ1v) is 13.7. The molecule has 0 aliphatic heterocycles. The minimum Gasteiger partial charge on any atom is -0.493 e. The molecule has 0 bridgehead atoms. The lowest BCUT2D eigenvalue weighted by Gasteiger charge is -2.24. The summed E-state index contributed by atoms with van der Waals surface area (Å²) < 4.78 is 54.8. The molecule has 3 aromatic carbocycles. The second-order valence-electron chi connectivity index (χ2n) is 8.77. The van der Waals surface area contributed by atoms with Crippen molar-refractivity contribution >= 4 is 27.8 Å². The van der Waals surface area contributed by atoms with Gasteiger partial charge in [-0.25, -0.2) is 18.2 Å². The molecule has 9 nitrogen and oxygen atoms in total. The summed E-state index contributed by atoms with van der Waals surface area (Å²) in [7, 11) is -1.23. The predicted molar refractivity (Wildman–Crippen MR) is 151 cm³/mol. The Bertz CT molecular complexity index is 1650. The summed E-state index contributed by atoms with van der Waals surface area (Å²) in [4.78, 5) is 13.0. The van der Waals surface area contributed by atoms with Crippen LogP contribution in [0.15, 0.2) is 88.9 Å². The standard InChI is InChI=1S/C29H29FN4O5S/c1-20-16-22(21(2)34(20)26-13-9-8-12-25(26)30)18-31-32-29(35)19-33(40(36,37)24-10-6-5-7-11-24)23-14-15-27(38-3)28(17-23)39-4/h5-18H,19H2,1-4H3,(H,32,35)/b31-18+. The number of nitrogens with one attached hydrogen (secondary N) is 1. The zero-order valence-corrected chi connectivity index (χ0v) is 23.3. The highest BCUT2D eigenvalue weighted by Crippen LogP contribution is 2.33. The zero-order valence-electron chi connectivity index (χ0n) is 22.5. The van der Waals surface area contributed by atoms with Gasteiger partial charge in [-0.1, -0.05) is 30.3 Å². The third kappa shape index (κ3) is 5.84. The van der Waals surface area contributed by atoms with Crippen molar-refractivity contribution in [1.29, 1.82) is 0 Å². The summed E-state index contributed by atoms with van der Waals surface area (Å²) in [5.41, 5.74) is 5.17. The van der Waals surface area contributed by atoms with E-state index < -0.39 is 22.5 Å². The van der Waals surface area contributed by atoms with Crippen LogP contribution in [0.5, 0.6) is 11.5 Å². The number of hydrogen-bond acceptors (Lipinski definition) is 6. The third-order valence-electron chi connectivity index (χ3n) is 6.23. The van der Waals surface area contributed by atoms with Crippen LogP contribution in [0.3, 0.4) is 0 Å². The lowest BCUT2D eigenvalue weighted by atomic mass is 10.2. The Morgan fingerprint density at radius 3 is 2.33 bits per heavy atom. The molecule has 0 spiro atoms. The minimum atomic E-state index is -4.13. The number of ether oxygens (including phenoxy) is 2. The van der Waals surface area contributed by atoms with Gasteiger partial charge in [-0.3, -0.25) is 9.10 Å². The van der Waals surface area contributed by atoms with Crippen molar-refractivity contribution in [3.8, 4) is 17.2 Å². The van der Waals surface area contributed by atoms with Gasteiger partial charge in [0.1, 0.15) is 12.4 Å². The number of amides is 1. The van der Waals surface area contributed by atoms with E-state index in [0.29, 0.717) is 22.7 Å². The highest BCUT2D eigenvalue weighted by molar-refractivity contribution is 7.92. The summed E-state index contributed by atoms with van der Waals surface area (Å²) in [6, 6.07) is 20.6. The number of halogens is 1. The number of anilines is 1. The molecule has 0 fully saturated rings. The summed E-state index contributed by atoms with van der Waals surface area (Å²) in [5, 5.41) is 4.04. The molecular formula is C29H29FN4O5S. The normalized spacial score (nSPS) is 11.4. The summed E-state index contributed by atoms with van der Waals surface area (Å²) in [6.45, 7) is 3.09. The number of hydrogen-bond donors (Lipinski definition) is 1. The highest BCUT2D eigenvalue weighted by atomic mass is 32.2. The number of sulfonamides is 1. The summed E-state index contributed by atoms with van der Waals surface area (Å²) >= 11 is 0. The summed E-state index contributed by atoms with van der Waals surface area (Å²) in [6.07, 6.45) is 1.43. The largest absolute Gasteiger partial charge is 0.493 e. The molecule has 1 amide bonds. The SMILES string of the molecule is COc1ccc(N(CC(=O)N/N=C/c2cc(C)n(-c3ccccc3F)c2C)S(=O)(=O)c2ccccc2)cc1OC. The lowest BCUT2D eigenvalue weighted by molar-refractivity contribution is -0.119. The van der Waals surface area contributed by atoms with Crippen LogP contribution in [0.2, 0.25) is 0 Å². The number of hydrazone groups is 1. The van der Waals surface area contributed by atoms with E-state index in [2.05, 4.69) is 10.5 Å². The van der Waals surface area contributed by atoms with E-state index in [-0.39, 0.29) is 16.4 Å². The Balaban J connectivity index is 1.59. The number of aryl methyl sites for hydroxylation is 1. The maximum absolute atomic E-state index is 14.4. The van der Waals surface area contributed by atoms with Crippen LogP contribution in [0.1, 0.15) is 17.0 Å².